The maximum atomic E-state index is 6.58. The van der Waals surface area contributed by atoms with Gasteiger partial charge >= 0.3 is 0 Å². The molecule has 2 heterocycles. The van der Waals surface area contributed by atoms with Crippen LogP contribution in [0.4, 0.5) is 0 Å². The topological polar surface area (TPSA) is 47.9 Å². The van der Waals surface area contributed by atoms with Gasteiger partial charge in [-0.3, -0.25) is 0 Å². The van der Waals surface area contributed by atoms with Crippen molar-refractivity contribution in [2.75, 3.05) is 0 Å². The molecule has 8 aromatic carbocycles. The van der Waals surface area contributed by atoms with Crippen LogP contribution in [0.2, 0.25) is 0 Å². The van der Waals surface area contributed by atoms with E-state index < -0.39 is 0 Å². The van der Waals surface area contributed by atoms with Gasteiger partial charge in [-0.15, -0.1) is 0 Å². The molecule has 1 aliphatic heterocycles. The molecule has 0 radical (unpaired) electrons. The first kappa shape index (κ1) is 29.0. The fourth-order valence-corrected chi connectivity index (χ4v) is 7.16. The first-order valence-corrected chi connectivity index (χ1v) is 17.1. The van der Waals surface area contributed by atoms with E-state index in [1.165, 1.54) is 21.9 Å². The molecule has 0 atom stereocenters. The maximum absolute atomic E-state index is 6.58. The average molecular weight is 652 g/mol. The van der Waals surface area contributed by atoms with Crippen molar-refractivity contribution >= 4 is 21.5 Å². The van der Waals surface area contributed by atoms with Gasteiger partial charge in [0.05, 0.1) is 0 Å². The van der Waals surface area contributed by atoms with E-state index >= 15 is 0 Å². The Labute approximate surface area is 295 Å². The van der Waals surface area contributed by atoms with Crippen molar-refractivity contribution < 1.29 is 4.74 Å². The van der Waals surface area contributed by atoms with E-state index in [0.717, 1.165) is 61.2 Å². The summed E-state index contributed by atoms with van der Waals surface area (Å²) in [5, 5.41) is 4.58. The second kappa shape index (κ2) is 11.9. The van der Waals surface area contributed by atoms with Gasteiger partial charge in [-0.25, -0.2) is 15.0 Å². The van der Waals surface area contributed by atoms with Crippen LogP contribution >= 0.6 is 0 Å². The fraction of sp³-hybridized carbons (Fsp3) is 0. The van der Waals surface area contributed by atoms with Gasteiger partial charge in [0.15, 0.2) is 17.5 Å². The first-order valence-electron chi connectivity index (χ1n) is 17.1. The molecule has 0 saturated heterocycles. The lowest BCUT2D eigenvalue weighted by atomic mass is 9.90. The van der Waals surface area contributed by atoms with Crippen LogP contribution in [-0.4, -0.2) is 15.0 Å². The highest BCUT2D eigenvalue weighted by Gasteiger charge is 2.23. The van der Waals surface area contributed by atoms with Crippen LogP contribution in [-0.2, 0) is 0 Å². The predicted molar refractivity (Wildman–Crippen MR) is 208 cm³/mol. The molecule has 10 rings (SSSR count). The fourth-order valence-electron chi connectivity index (χ4n) is 7.16. The molecule has 51 heavy (non-hydrogen) atoms. The monoisotopic (exact) mass is 651 g/mol. The van der Waals surface area contributed by atoms with Gasteiger partial charge in [0.1, 0.15) is 11.5 Å². The molecule has 0 spiro atoms. The van der Waals surface area contributed by atoms with Gasteiger partial charge in [-0.2, -0.15) is 0 Å². The standard InChI is InChI=1S/C47H29N3O/c1-3-11-33(12-4-1)45-48-46(34-13-5-2-6-14-34)50-47(49-45)40-25-27-43-44-38(40)16-9-17-39(44)41-29-37(24-26-42(41)51-43)32-20-18-31(19-21-32)36-23-22-30-10-7-8-15-35(30)28-36/h1-29H. The molecular weight excluding hydrogens is 623 g/mol. The number of aromatic nitrogens is 3. The Morgan fingerprint density at radius 1 is 0.314 bits per heavy atom. The van der Waals surface area contributed by atoms with Gasteiger partial charge in [-0.05, 0) is 74.3 Å². The number of nitrogens with zero attached hydrogens (tertiary/aromatic N) is 3. The van der Waals surface area contributed by atoms with E-state index in [2.05, 4.69) is 109 Å². The highest BCUT2D eigenvalue weighted by atomic mass is 16.5. The van der Waals surface area contributed by atoms with Crippen molar-refractivity contribution in [3.05, 3.63) is 176 Å². The minimum absolute atomic E-state index is 0.623. The predicted octanol–water partition coefficient (Wildman–Crippen LogP) is 12.3. The van der Waals surface area contributed by atoms with Crippen molar-refractivity contribution in [3.63, 3.8) is 0 Å². The molecule has 1 aliphatic rings. The third-order valence-corrected chi connectivity index (χ3v) is 9.73. The molecule has 238 valence electrons. The average Bonchev–Trinajstić information content (AvgIpc) is 3.21. The summed E-state index contributed by atoms with van der Waals surface area (Å²) < 4.78 is 6.58. The van der Waals surface area contributed by atoms with Crippen molar-refractivity contribution in [3.8, 4) is 79.0 Å². The maximum Gasteiger partial charge on any atom is 0.164 e. The number of fused-ring (bicyclic) bond motifs is 3. The van der Waals surface area contributed by atoms with Crippen LogP contribution < -0.4 is 4.74 Å². The Kier molecular flexibility index (Phi) is 6.78. The molecule has 0 saturated carbocycles. The zero-order valence-electron chi connectivity index (χ0n) is 27.5. The molecule has 4 heteroatoms. The van der Waals surface area contributed by atoms with E-state index in [1.54, 1.807) is 0 Å². The van der Waals surface area contributed by atoms with E-state index in [1.807, 2.05) is 66.7 Å². The third kappa shape index (κ3) is 5.13. The highest BCUT2D eigenvalue weighted by Crippen LogP contribution is 2.49. The van der Waals surface area contributed by atoms with Gasteiger partial charge in [0.2, 0.25) is 0 Å². The SMILES string of the molecule is c1ccc(-c2nc(-c3ccccc3)nc(-c3ccc4c5c(cccc35)-c3cc(-c5ccc(-c6ccc7ccccc7c6)cc5)ccc3O4)n2)cc1. The van der Waals surface area contributed by atoms with Crippen LogP contribution in [0.3, 0.4) is 0 Å². The van der Waals surface area contributed by atoms with Crippen LogP contribution in [0.25, 0.3) is 89.1 Å². The Morgan fingerprint density at radius 2 is 0.882 bits per heavy atom. The molecule has 9 aromatic rings. The second-order valence-electron chi connectivity index (χ2n) is 12.8. The first-order chi connectivity index (χ1) is 25.2. The summed E-state index contributed by atoms with van der Waals surface area (Å²) in [6, 6.07) is 61.1. The largest absolute Gasteiger partial charge is 0.456 e. The lowest BCUT2D eigenvalue weighted by molar-refractivity contribution is 0.487. The van der Waals surface area contributed by atoms with Crippen molar-refractivity contribution in [1.82, 2.24) is 15.0 Å². The summed E-state index contributed by atoms with van der Waals surface area (Å²) in [4.78, 5) is 15.0. The zero-order chi connectivity index (χ0) is 33.7. The minimum atomic E-state index is 0.623. The summed E-state index contributed by atoms with van der Waals surface area (Å²) in [7, 11) is 0. The number of hydrogen-bond acceptors (Lipinski definition) is 4. The van der Waals surface area contributed by atoms with Crippen LogP contribution in [0.1, 0.15) is 0 Å². The van der Waals surface area contributed by atoms with E-state index in [9.17, 15) is 0 Å². The Balaban J connectivity index is 1.06. The molecule has 0 fully saturated rings. The minimum Gasteiger partial charge on any atom is -0.456 e. The number of rotatable bonds is 5. The lowest BCUT2D eigenvalue weighted by Gasteiger charge is -2.23. The molecule has 4 nitrogen and oxygen atoms in total. The molecule has 0 N–H and O–H groups in total. The summed E-state index contributed by atoms with van der Waals surface area (Å²) in [6.07, 6.45) is 0. The summed E-state index contributed by atoms with van der Waals surface area (Å²) >= 11 is 0. The number of ether oxygens (including phenoxy) is 1. The highest BCUT2D eigenvalue weighted by molar-refractivity contribution is 6.09. The normalized spacial score (nSPS) is 11.7. The van der Waals surface area contributed by atoms with Gasteiger partial charge in [0.25, 0.3) is 0 Å². The van der Waals surface area contributed by atoms with Crippen molar-refractivity contribution in [2.45, 2.75) is 0 Å². The second-order valence-corrected chi connectivity index (χ2v) is 12.8. The van der Waals surface area contributed by atoms with Crippen molar-refractivity contribution in [1.29, 1.82) is 0 Å². The summed E-state index contributed by atoms with van der Waals surface area (Å²) in [6.45, 7) is 0. The zero-order valence-corrected chi connectivity index (χ0v) is 27.5. The van der Waals surface area contributed by atoms with E-state index in [0.29, 0.717) is 17.5 Å². The quantitative estimate of drug-likeness (QED) is 0.186. The number of hydrogen-bond donors (Lipinski definition) is 0. The van der Waals surface area contributed by atoms with Crippen LogP contribution in [0.15, 0.2) is 176 Å². The molecular formula is C47H29N3O. The van der Waals surface area contributed by atoms with Crippen molar-refractivity contribution in [2.24, 2.45) is 0 Å². The molecule has 0 unspecified atom stereocenters. The Morgan fingerprint density at radius 3 is 1.59 bits per heavy atom. The van der Waals surface area contributed by atoms with Crippen LogP contribution in [0, 0.1) is 0 Å². The van der Waals surface area contributed by atoms with Gasteiger partial charge < -0.3 is 4.74 Å². The smallest absolute Gasteiger partial charge is 0.164 e. The van der Waals surface area contributed by atoms with Crippen LogP contribution in [0.5, 0.6) is 11.5 Å². The molecule has 1 aromatic heterocycles. The summed E-state index contributed by atoms with van der Waals surface area (Å²) in [5.41, 5.74) is 9.70. The molecule has 0 aliphatic carbocycles. The number of benzene rings is 8. The third-order valence-electron chi connectivity index (χ3n) is 9.73. The molecule has 0 amide bonds. The van der Waals surface area contributed by atoms with E-state index in [-0.39, 0.29) is 0 Å². The Hall–Kier alpha value is -6.91. The summed E-state index contributed by atoms with van der Waals surface area (Å²) in [5.74, 6) is 3.56. The molecule has 0 bridgehead atoms. The van der Waals surface area contributed by atoms with Gasteiger partial charge in [-0.1, -0.05) is 146 Å². The van der Waals surface area contributed by atoms with E-state index in [4.69, 9.17) is 19.7 Å². The van der Waals surface area contributed by atoms with Gasteiger partial charge in [0, 0.05) is 27.6 Å². The Bertz CT molecular complexity index is 2700. The lowest BCUT2D eigenvalue weighted by Crippen LogP contribution is -2.02.